The minimum Gasteiger partial charge on any atom is -0.440 e. The highest BCUT2D eigenvalue weighted by atomic mass is 35.7. The molecule has 15 rings (SSSR count). The van der Waals surface area contributed by atoms with Crippen molar-refractivity contribution in [3.8, 4) is 51.0 Å². The van der Waals surface area contributed by atoms with Crippen molar-refractivity contribution in [2.75, 3.05) is 46.2 Å². The van der Waals surface area contributed by atoms with Gasteiger partial charge in [-0.3, -0.25) is 18.6 Å². The first-order valence-electron chi connectivity index (χ1n) is 37.3. The molecule has 12 aromatic rings. The Bertz CT molecular complexity index is 5290. The maximum absolute atomic E-state index is 13.7. The zero-order valence-electron chi connectivity index (χ0n) is 64.5. The van der Waals surface area contributed by atoms with Crippen LogP contribution in [-0.4, -0.2) is 184 Å². The Balaban J connectivity index is 0.000000160. The van der Waals surface area contributed by atoms with E-state index in [1.165, 1.54) is 20.8 Å². The lowest BCUT2D eigenvalue weighted by Gasteiger charge is -2.37. The van der Waals surface area contributed by atoms with E-state index in [0.717, 1.165) is 79.2 Å². The average Bonchev–Trinajstić information content (AvgIpc) is 1.53. The van der Waals surface area contributed by atoms with Gasteiger partial charge in [0.05, 0.1) is 108 Å². The van der Waals surface area contributed by atoms with Crippen LogP contribution in [-0.2, 0) is 43.1 Å². The van der Waals surface area contributed by atoms with Crippen molar-refractivity contribution < 1.29 is 53.8 Å². The van der Waals surface area contributed by atoms with Crippen LogP contribution in [0.25, 0.3) is 51.0 Å². The van der Waals surface area contributed by atoms with Gasteiger partial charge in [0.25, 0.3) is 27.8 Å². The van der Waals surface area contributed by atoms with Crippen LogP contribution in [0, 0.1) is 0 Å². The summed E-state index contributed by atoms with van der Waals surface area (Å²) in [5.41, 5.74) is 8.06. The van der Waals surface area contributed by atoms with E-state index in [1.807, 2.05) is 187 Å². The summed E-state index contributed by atoms with van der Waals surface area (Å²) in [4.78, 5) is 67.4. The standard InChI is InChI=1S/C27H30N6O2.C26H27N5O5S.C25H25N5O3.C3H8.CH3ClO2S/c1-19-13-14-21(26-30-23(18-31(2)3)25(35-26)20-9-5-4-6-10-20)17-32(19)27(34)22-11-7-8-12-24(22)33-28-15-16-29-33;1-18-12-13-20(16-30(18)26(32)21-10-6-7-11-23(21)31-27-14-15-28-31)25-29-22(17-35-37(2,33)34)24(36-25)19-8-4-3-5-9-19;1-17-11-12-19(24-28-21(16-31)23(33-24)18-7-3-2-4-8-18)15-29(17)25(32)20-9-5-6-10-22(20)30-26-13-14-27-30;1-3-2;1-5(2,3)4/h4-12,15-16,19,21H,13-14,17-18H2,1-3H3;3-11,14-15,18,20H,12-13,16-17H2,1-2H3;2-10,13-14,17,19,31H,11-12,15-16H2,1H3;3H2,1-2H3;1H3/t19-,21?;18-,20?;17-,19?;;/m111../s1. The molecule has 3 amide bonds. The maximum Gasteiger partial charge on any atom is 0.264 e. The van der Waals surface area contributed by atoms with Gasteiger partial charge < -0.3 is 38.0 Å². The van der Waals surface area contributed by atoms with Gasteiger partial charge >= 0.3 is 0 Å². The van der Waals surface area contributed by atoms with Crippen molar-refractivity contribution in [1.29, 1.82) is 0 Å². The highest BCUT2D eigenvalue weighted by Crippen LogP contribution is 2.39. The highest BCUT2D eigenvalue weighted by Gasteiger charge is 2.38. The summed E-state index contributed by atoms with van der Waals surface area (Å²) in [7, 11) is 1.69. The molecule has 113 heavy (non-hydrogen) atoms. The number of para-hydroxylation sites is 3. The van der Waals surface area contributed by atoms with E-state index in [9.17, 15) is 36.3 Å². The van der Waals surface area contributed by atoms with Crippen molar-refractivity contribution in [1.82, 2.24) is 79.5 Å². The van der Waals surface area contributed by atoms with Crippen LogP contribution in [0.4, 0.5) is 0 Å². The van der Waals surface area contributed by atoms with Crippen LogP contribution in [0.1, 0.15) is 163 Å². The maximum atomic E-state index is 13.7. The Kier molecular flexibility index (Phi) is 28.1. The predicted molar refractivity (Wildman–Crippen MR) is 427 cm³/mol. The van der Waals surface area contributed by atoms with Gasteiger partial charge in [0, 0.05) is 71.7 Å². The molecule has 3 fully saturated rings. The minimum atomic E-state index is -3.66. The fourth-order valence-electron chi connectivity index (χ4n) is 13.6. The number of carbonyl (C=O) groups is 3. The third-order valence-corrected chi connectivity index (χ3v) is 19.6. The number of halogens is 1. The third-order valence-electron chi connectivity index (χ3n) is 19.1. The molecule has 0 aliphatic carbocycles. The van der Waals surface area contributed by atoms with Crippen LogP contribution < -0.4 is 0 Å². The molecular weight excluding hydrogens is 1500 g/mol. The normalized spacial score (nSPS) is 17.6. The largest absolute Gasteiger partial charge is 0.440 e. The summed E-state index contributed by atoms with van der Waals surface area (Å²) in [5, 5.41) is 35.1. The summed E-state index contributed by atoms with van der Waals surface area (Å²) in [5.74, 6) is 3.16. The molecule has 592 valence electrons. The van der Waals surface area contributed by atoms with Gasteiger partial charge in [0.2, 0.25) is 9.05 Å². The molecular formula is C82H93ClN16O12S2. The Morgan fingerprint density at radius 1 is 0.451 bits per heavy atom. The summed E-state index contributed by atoms with van der Waals surface area (Å²) in [6.45, 7) is 12.1. The van der Waals surface area contributed by atoms with Gasteiger partial charge in [0.15, 0.2) is 35.0 Å². The number of aliphatic hydroxyl groups excluding tert-OH is 1. The molecule has 3 saturated heterocycles. The average molecular weight is 1590 g/mol. The second-order valence-corrected chi connectivity index (χ2v) is 32.8. The number of benzene rings is 6. The van der Waals surface area contributed by atoms with Crippen LogP contribution in [0.3, 0.4) is 0 Å². The van der Waals surface area contributed by atoms with Crippen LogP contribution in [0.15, 0.2) is 214 Å². The second kappa shape index (κ2) is 38.4. The number of carbonyl (C=O) groups excluding carboxylic acids is 3. The molecule has 6 aromatic heterocycles. The molecule has 0 radical (unpaired) electrons. The van der Waals surface area contributed by atoms with E-state index in [-0.39, 0.29) is 66.8 Å². The van der Waals surface area contributed by atoms with Gasteiger partial charge in [-0.05, 0) is 110 Å². The van der Waals surface area contributed by atoms with Gasteiger partial charge in [-0.25, -0.2) is 23.4 Å². The Morgan fingerprint density at radius 2 is 0.726 bits per heavy atom. The first-order chi connectivity index (χ1) is 54.4. The third kappa shape index (κ3) is 21.5. The molecule has 0 saturated carbocycles. The molecule has 31 heteroatoms. The van der Waals surface area contributed by atoms with E-state index in [0.29, 0.717) is 101 Å². The number of amides is 3. The summed E-state index contributed by atoms with van der Waals surface area (Å²) < 4.78 is 65.8. The van der Waals surface area contributed by atoms with Crippen molar-refractivity contribution in [2.45, 2.75) is 135 Å². The monoisotopic (exact) mass is 1590 g/mol. The summed E-state index contributed by atoms with van der Waals surface area (Å²) in [6.07, 6.45) is 17.7. The van der Waals surface area contributed by atoms with E-state index in [4.69, 9.17) is 22.4 Å². The van der Waals surface area contributed by atoms with Crippen LogP contribution in [0.2, 0.25) is 0 Å². The first-order valence-corrected chi connectivity index (χ1v) is 41.9. The molecule has 3 unspecified atom stereocenters. The molecule has 6 aromatic carbocycles. The number of likely N-dealkylation sites (tertiary alicyclic amines) is 3. The van der Waals surface area contributed by atoms with Crippen molar-refractivity contribution in [2.24, 2.45) is 0 Å². The number of hydrogen-bond donors (Lipinski definition) is 1. The molecule has 9 heterocycles. The van der Waals surface area contributed by atoms with E-state index >= 15 is 0 Å². The fourth-order valence-corrected chi connectivity index (χ4v) is 13.9. The first kappa shape index (κ1) is 82.8. The van der Waals surface area contributed by atoms with Gasteiger partial charge in [-0.1, -0.05) is 148 Å². The Labute approximate surface area is 662 Å². The SMILES string of the molecule is CCC.CS(=O)(=O)Cl.C[C@@H]1CCC(c2nc(CN(C)C)c(-c3ccccc3)o2)CN1C(=O)c1ccccc1-n1nccn1.C[C@@H]1CCC(c2nc(CO)c(-c3ccccc3)o2)CN1C(=O)c1ccccc1-n1nccn1.C[C@@H]1CCC(c2nc(COS(C)(=O)=O)c(-c3ccccc3)o2)CN1C(=O)c1ccccc1-n1nccn1. The molecule has 3 aliphatic rings. The van der Waals surface area contributed by atoms with Crippen LogP contribution >= 0.6 is 10.7 Å². The van der Waals surface area contributed by atoms with Crippen molar-refractivity contribution >= 4 is 47.6 Å². The fraction of sp³-hybridized carbons (Fsp3) is 0.341. The molecule has 0 bridgehead atoms. The molecule has 1 N–H and O–H groups in total. The zero-order valence-corrected chi connectivity index (χ0v) is 66.9. The predicted octanol–water partition coefficient (Wildman–Crippen LogP) is 13.6. The smallest absolute Gasteiger partial charge is 0.264 e. The Morgan fingerprint density at radius 3 is 1.03 bits per heavy atom. The molecule has 28 nitrogen and oxygen atoms in total. The van der Waals surface area contributed by atoms with E-state index in [2.05, 4.69) is 83.8 Å². The van der Waals surface area contributed by atoms with Gasteiger partial charge in [-0.2, -0.15) is 53.4 Å². The van der Waals surface area contributed by atoms with Gasteiger partial charge in [0.1, 0.15) is 23.7 Å². The number of piperidine rings is 3. The number of rotatable bonds is 18. The molecule has 3 aliphatic heterocycles. The number of aliphatic hydroxyl groups is 1. The lowest BCUT2D eigenvalue weighted by molar-refractivity contribution is 0.0589. The van der Waals surface area contributed by atoms with E-state index < -0.39 is 19.2 Å². The lowest BCUT2D eigenvalue weighted by atomic mass is 9.92. The minimum absolute atomic E-state index is 0.0129. The van der Waals surface area contributed by atoms with Crippen molar-refractivity contribution in [3.05, 3.63) is 252 Å². The number of oxazole rings is 3. The van der Waals surface area contributed by atoms with Gasteiger partial charge in [-0.15, -0.1) is 0 Å². The second-order valence-electron chi connectivity index (χ2n) is 28.1. The number of aromatic nitrogens is 12. The number of hydrogen-bond acceptors (Lipinski definition) is 22. The van der Waals surface area contributed by atoms with Crippen molar-refractivity contribution in [3.63, 3.8) is 0 Å². The number of nitrogens with zero attached hydrogens (tertiary/aromatic N) is 16. The van der Waals surface area contributed by atoms with E-state index in [1.54, 1.807) is 49.3 Å². The Hall–Kier alpha value is -11.2. The molecule has 6 atom stereocenters. The topological polar surface area (TPSA) is 332 Å². The summed E-state index contributed by atoms with van der Waals surface area (Å²) >= 11 is 0. The molecule has 0 spiro atoms. The summed E-state index contributed by atoms with van der Waals surface area (Å²) in [6, 6.07) is 51.4. The quantitative estimate of drug-likeness (QED) is 0.0616. The zero-order chi connectivity index (χ0) is 80.3. The van der Waals surface area contributed by atoms with Crippen LogP contribution in [0.5, 0.6) is 0 Å². The highest BCUT2D eigenvalue weighted by molar-refractivity contribution is 8.13. The lowest BCUT2D eigenvalue weighted by Crippen LogP contribution is -2.45.